The van der Waals surface area contributed by atoms with Crippen LogP contribution >= 0.6 is 24.2 Å². The second kappa shape index (κ2) is 12.9. The summed E-state index contributed by atoms with van der Waals surface area (Å²) in [6.45, 7) is 2.24. The fraction of sp³-hybridized carbons (Fsp3) is 0.500. The van der Waals surface area contributed by atoms with Crippen molar-refractivity contribution in [1.82, 2.24) is 10.6 Å². The van der Waals surface area contributed by atoms with Crippen LogP contribution in [0.15, 0.2) is 29.2 Å². The molecule has 120 valence electrons. The normalized spacial score (nSPS) is 10.0. The van der Waals surface area contributed by atoms with Gasteiger partial charge in [-0.15, -0.1) is 24.2 Å². The number of ether oxygens (including phenoxy) is 1. The quantitative estimate of drug-likeness (QED) is 0.507. The Kier molecular flexibility index (Phi) is 12.4. The Morgan fingerprint density at radius 3 is 2.67 bits per heavy atom. The van der Waals surface area contributed by atoms with Crippen molar-refractivity contribution in [3.8, 4) is 0 Å². The van der Waals surface area contributed by atoms with Gasteiger partial charge in [-0.25, -0.2) is 4.39 Å². The molecule has 0 unspecified atom stereocenters. The number of nitrogens with one attached hydrogen (secondary N) is 2. The predicted molar refractivity (Wildman–Crippen MR) is 86.7 cm³/mol. The average Bonchev–Trinajstić information content (AvgIpc) is 2.45. The van der Waals surface area contributed by atoms with E-state index in [-0.39, 0.29) is 24.1 Å². The summed E-state index contributed by atoms with van der Waals surface area (Å²) in [5.74, 6) is 0.665. The van der Waals surface area contributed by atoms with Crippen LogP contribution in [0.1, 0.15) is 6.42 Å². The van der Waals surface area contributed by atoms with Crippen molar-refractivity contribution in [2.45, 2.75) is 11.3 Å². The van der Waals surface area contributed by atoms with Crippen LogP contribution in [0.3, 0.4) is 0 Å². The third-order valence-corrected chi connectivity index (χ3v) is 3.59. The molecule has 7 heteroatoms. The van der Waals surface area contributed by atoms with Gasteiger partial charge >= 0.3 is 0 Å². The molecule has 0 aliphatic carbocycles. The first-order valence-corrected chi connectivity index (χ1v) is 7.55. The standard InChI is InChI=1S/C14H21FN2O2S.ClH/c1-19-9-8-16-11-14(18)17-7-2-10-20-13-5-3-12(15)4-6-13;/h3-6,16H,2,7-11H2,1H3,(H,17,18);1H. The summed E-state index contributed by atoms with van der Waals surface area (Å²) in [5, 5.41) is 5.82. The van der Waals surface area contributed by atoms with E-state index in [1.165, 1.54) is 12.1 Å². The Labute approximate surface area is 135 Å². The summed E-state index contributed by atoms with van der Waals surface area (Å²) < 4.78 is 17.6. The third-order valence-electron chi connectivity index (χ3n) is 2.49. The molecule has 0 aliphatic heterocycles. The summed E-state index contributed by atoms with van der Waals surface area (Å²) >= 11 is 1.66. The van der Waals surface area contributed by atoms with Crippen LogP contribution in [-0.2, 0) is 9.53 Å². The van der Waals surface area contributed by atoms with E-state index < -0.39 is 0 Å². The van der Waals surface area contributed by atoms with E-state index in [1.54, 1.807) is 31.0 Å². The zero-order valence-electron chi connectivity index (χ0n) is 12.1. The van der Waals surface area contributed by atoms with Crippen molar-refractivity contribution in [2.24, 2.45) is 0 Å². The van der Waals surface area contributed by atoms with E-state index in [0.717, 1.165) is 17.1 Å². The smallest absolute Gasteiger partial charge is 0.233 e. The molecule has 0 radical (unpaired) electrons. The fourth-order valence-electron chi connectivity index (χ4n) is 1.46. The summed E-state index contributed by atoms with van der Waals surface area (Å²) in [6.07, 6.45) is 0.881. The topological polar surface area (TPSA) is 50.4 Å². The second-order valence-electron chi connectivity index (χ2n) is 4.18. The minimum absolute atomic E-state index is 0. The third kappa shape index (κ3) is 10.5. The number of carbonyl (C=O) groups excluding carboxylic acids is 1. The van der Waals surface area contributed by atoms with Crippen molar-refractivity contribution in [1.29, 1.82) is 0 Å². The van der Waals surface area contributed by atoms with Crippen LogP contribution in [0.25, 0.3) is 0 Å². The molecule has 0 fully saturated rings. The number of rotatable bonds is 10. The molecule has 1 rings (SSSR count). The number of hydrogen-bond donors (Lipinski definition) is 2. The van der Waals surface area contributed by atoms with Crippen LogP contribution < -0.4 is 10.6 Å². The predicted octanol–water partition coefficient (Wildman–Crippen LogP) is 2.08. The van der Waals surface area contributed by atoms with Gasteiger partial charge in [0.05, 0.1) is 13.2 Å². The molecule has 1 aromatic rings. The van der Waals surface area contributed by atoms with Gasteiger partial charge < -0.3 is 15.4 Å². The first-order chi connectivity index (χ1) is 9.72. The zero-order chi connectivity index (χ0) is 14.6. The van der Waals surface area contributed by atoms with Gasteiger partial charge in [0.2, 0.25) is 5.91 Å². The molecule has 21 heavy (non-hydrogen) atoms. The molecule has 0 aromatic heterocycles. The number of thioether (sulfide) groups is 1. The molecule has 0 saturated carbocycles. The molecule has 1 aromatic carbocycles. The van der Waals surface area contributed by atoms with Crippen molar-refractivity contribution < 1.29 is 13.9 Å². The Morgan fingerprint density at radius 2 is 2.00 bits per heavy atom. The largest absolute Gasteiger partial charge is 0.383 e. The zero-order valence-corrected chi connectivity index (χ0v) is 13.7. The van der Waals surface area contributed by atoms with Gasteiger partial charge in [0.25, 0.3) is 0 Å². The lowest BCUT2D eigenvalue weighted by atomic mass is 10.4. The first kappa shape index (κ1) is 20.2. The van der Waals surface area contributed by atoms with E-state index in [4.69, 9.17) is 4.74 Å². The number of amides is 1. The minimum Gasteiger partial charge on any atom is -0.383 e. The SMILES string of the molecule is COCCNCC(=O)NCCCSc1ccc(F)cc1.Cl. The Balaban J connectivity index is 0.00000400. The maximum atomic E-state index is 12.7. The van der Waals surface area contributed by atoms with Crippen molar-refractivity contribution in [3.63, 3.8) is 0 Å². The molecule has 1 amide bonds. The summed E-state index contributed by atoms with van der Waals surface area (Å²) in [4.78, 5) is 12.5. The second-order valence-corrected chi connectivity index (χ2v) is 5.34. The summed E-state index contributed by atoms with van der Waals surface area (Å²) in [7, 11) is 1.63. The minimum atomic E-state index is -0.220. The molecule has 4 nitrogen and oxygen atoms in total. The Hall–Kier alpha value is -0.820. The van der Waals surface area contributed by atoms with Crippen molar-refractivity contribution >= 4 is 30.1 Å². The lowest BCUT2D eigenvalue weighted by Crippen LogP contribution is -2.35. The molecule has 0 heterocycles. The van der Waals surface area contributed by atoms with Crippen LogP contribution in [0.4, 0.5) is 4.39 Å². The van der Waals surface area contributed by atoms with Gasteiger partial charge in [-0.3, -0.25) is 4.79 Å². The van der Waals surface area contributed by atoms with Gasteiger partial charge in [0.15, 0.2) is 0 Å². The molecule has 0 spiro atoms. The van der Waals surface area contributed by atoms with Crippen LogP contribution in [0.5, 0.6) is 0 Å². The number of carbonyl (C=O) groups is 1. The highest BCUT2D eigenvalue weighted by Gasteiger charge is 2.00. The van der Waals surface area contributed by atoms with Gasteiger partial charge in [-0.05, 0) is 36.4 Å². The molecule has 0 saturated heterocycles. The lowest BCUT2D eigenvalue weighted by Gasteiger charge is -2.06. The van der Waals surface area contributed by atoms with Crippen LogP contribution in [0, 0.1) is 5.82 Å². The van der Waals surface area contributed by atoms with Crippen LogP contribution in [0.2, 0.25) is 0 Å². The maximum Gasteiger partial charge on any atom is 0.233 e. The highest BCUT2D eigenvalue weighted by molar-refractivity contribution is 7.99. The average molecular weight is 337 g/mol. The lowest BCUT2D eigenvalue weighted by molar-refractivity contribution is -0.120. The number of hydrogen-bond acceptors (Lipinski definition) is 4. The Bertz CT molecular complexity index is 393. The van der Waals surface area contributed by atoms with E-state index >= 15 is 0 Å². The molecular weight excluding hydrogens is 315 g/mol. The highest BCUT2D eigenvalue weighted by atomic mass is 35.5. The van der Waals surface area contributed by atoms with Gasteiger partial charge in [-0.1, -0.05) is 0 Å². The number of halogens is 2. The van der Waals surface area contributed by atoms with E-state index in [2.05, 4.69) is 10.6 Å². The maximum absolute atomic E-state index is 12.7. The molecule has 0 bridgehead atoms. The van der Waals surface area contributed by atoms with Crippen molar-refractivity contribution in [3.05, 3.63) is 30.1 Å². The van der Waals surface area contributed by atoms with Gasteiger partial charge in [0, 0.05) is 25.1 Å². The van der Waals surface area contributed by atoms with Gasteiger partial charge in [-0.2, -0.15) is 0 Å². The first-order valence-electron chi connectivity index (χ1n) is 6.57. The monoisotopic (exact) mass is 336 g/mol. The van der Waals surface area contributed by atoms with Gasteiger partial charge in [0.1, 0.15) is 5.82 Å². The van der Waals surface area contributed by atoms with E-state index in [1.807, 2.05) is 0 Å². The summed E-state index contributed by atoms with van der Waals surface area (Å²) in [5.41, 5.74) is 0. The molecule has 0 aliphatic rings. The van der Waals surface area contributed by atoms with Crippen LogP contribution in [-0.4, -0.2) is 45.0 Å². The molecule has 0 atom stereocenters. The highest BCUT2D eigenvalue weighted by Crippen LogP contribution is 2.18. The molecule has 2 N–H and O–H groups in total. The number of benzene rings is 1. The Morgan fingerprint density at radius 1 is 1.29 bits per heavy atom. The van der Waals surface area contributed by atoms with Crippen molar-refractivity contribution in [2.75, 3.05) is 39.1 Å². The number of methoxy groups -OCH3 is 1. The van der Waals surface area contributed by atoms with E-state index in [0.29, 0.717) is 26.2 Å². The molecular formula is C14H22ClFN2O2S. The van der Waals surface area contributed by atoms with E-state index in [9.17, 15) is 9.18 Å². The fourth-order valence-corrected chi connectivity index (χ4v) is 2.31. The summed E-state index contributed by atoms with van der Waals surface area (Å²) in [6, 6.07) is 6.43.